The third-order valence-corrected chi connectivity index (χ3v) is 5.41. The van der Waals surface area contributed by atoms with Crippen molar-refractivity contribution in [3.63, 3.8) is 0 Å². The van der Waals surface area contributed by atoms with E-state index in [-0.39, 0.29) is 0 Å². The molecule has 1 atom stereocenters. The van der Waals surface area contributed by atoms with Gasteiger partial charge in [-0.2, -0.15) is 5.10 Å². The van der Waals surface area contributed by atoms with Gasteiger partial charge in [-0.05, 0) is 31.6 Å². The van der Waals surface area contributed by atoms with Gasteiger partial charge in [0.05, 0.1) is 6.54 Å². The van der Waals surface area contributed by atoms with Gasteiger partial charge in [-0.1, -0.05) is 13.8 Å². The molecular weight excluding hydrogens is 356 g/mol. The van der Waals surface area contributed by atoms with Crippen molar-refractivity contribution in [1.29, 1.82) is 0 Å². The molecule has 1 aromatic rings. The predicted octanol–water partition coefficient (Wildman–Crippen LogP) is 1.71. The highest BCUT2D eigenvalue weighted by atomic mass is 16.5. The first-order chi connectivity index (χ1) is 13.7. The molecule has 3 rings (SSSR count). The minimum Gasteiger partial charge on any atom is -0.381 e. The van der Waals surface area contributed by atoms with Gasteiger partial charge in [0.1, 0.15) is 5.82 Å². The first kappa shape index (κ1) is 21.0. The van der Waals surface area contributed by atoms with Gasteiger partial charge in [0.15, 0.2) is 11.8 Å². The van der Waals surface area contributed by atoms with E-state index in [9.17, 15) is 0 Å². The van der Waals surface area contributed by atoms with Crippen LogP contribution in [0.4, 0.5) is 0 Å². The van der Waals surface area contributed by atoms with Gasteiger partial charge in [-0.15, -0.1) is 0 Å². The molecule has 0 bridgehead atoms. The van der Waals surface area contributed by atoms with E-state index >= 15 is 0 Å². The zero-order valence-electron chi connectivity index (χ0n) is 17.6. The lowest BCUT2D eigenvalue weighted by molar-refractivity contribution is 0.0203. The molecule has 0 saturated carbocycles. The van der Waals surface area contributed by atoms with Crippen LogP contribution in [0, 0.1) is 5.92 Å². The van der Waals surface area contributed by atoms with Crippen molar-refractivity contribution in [2.75, 3.05) is 40.0 Å². The van der Waals surface area contributed by atoms with E-state index < -0.39 is 0 Å². The maximum atomic E-state index is 5.82. The molecule has 2 aliphatic rings. The van der Waals surface area contributed by atoms with Crippen molar-refractivity contribution < 1.29 is 9.47 Å². The molecule has 0 radical (unpaired) electrons. The van der Waals surface area contributed by atoms with Crippen LogP contribution in [0.1, 0.15) is 57.1 Å². The van der Waals surface area contributed by atoms with Gasteiger partial charge in [-0.3, -0.25) is 4.99 Å². The number of hydrogen-bond donors (Lipinski definition) is 2. The minimum absolute atomic E-state index is 0.324. The quantitative estimate of drug-likeness (QED) is 0.398. The van der Waals surface area contributed by atoms with Crippen LogP contribution in [0.3, 0.4) is 0 Å². The number of rotatable bonds is 8. The van der Waals surface area contributed by atoms with Crippen LogP contribution in [0.15, 0.2) is 4.99 Å². The van der Waals surface area contributed by atoms with Crippen molar-refractivity contribution in [2.45, 2.75) is 64.5 Å². The van der Waals surface area contributed by atoms with Gasteiger partial charge in [-0.25, -0.2) is 9.67 Å². The average Bonchev–Trinajstić information content (AvgIpc) is 3.14. The van der Waals surface area contributed by atoms with Crippen LogP contribution in [0.25, 0.3) is 0 Å². The molecule has 0 spiro atoms. The number of hydrogen-bond acceptors (Lipinski definition) is 5. The lowest BCUT2D eigenvalue weighted by Crippen LogP contribution is -2.47. The molecule has 1 saturated heterocycles. The zero-order valence-corrected chi connectivity index (χ0v) is 17.6. The molecule has 1 unspecified atom stereocenters. The third-order valence-electron chi connectivity index (χ3n) is 5.41. The first-order valence-corrected chi connectivity index (χ1v) is 10.7. The van der Waals surface area contributed by atoms with Crippen LogP contribution in [-0.4, -0.2) is 66.8 Å². The number of fused-ring (bicyclic) bond motifs is 1. The molecule has 0 aromatic carbocycles. The van der Waals surface area contributed by atoms with E-state index in [1.807, 2.05) is 11.7 Å². The van der Waals surface area contributed by atoms with Crippen molar-refractivity contribution >= 4 is 5.96 Å². The summed E-state index contributed by atoms with van der Waals surface area (Å²) in [6, 6.07) is 0.324. The SMILES string of the molecule is CN=C(NCCCOCC1CCOCC1)NC1CCc2nc(C(C)C)nn2C1. The van der Waals surface area contributed by atoms with E-state index in [1.165, 1.54) is 0 Å². The number of aryl methyl sites for hydroxylation is 1. The van der Waals surface area contributed by atoms with Gasteiger partial charge in [0, 0.05) is 58.4 Å². The first-order valence-electron chi connectivity index (χ1n) is 10.7. The summed E-state index contributed by atoms with van der Waals surface area (Å²) >= 11 is 0. The Morgan fingerprint density at radius 3 is 2.89 bits per heavy atom. The minimum atomic E-state index is 0.324. The predicted molar refractivity (Wildman–Crippen MR) is 110 cm³/mol. The molecule has 8 heteroatoms. The second-order valence-corrected chi connectivity index (χ2v) is 8.09. The standard InChI is InChI=1S/C20H36N6O2/c1-15(2)19-24-18-6-5-17(13-26(18)25-19)23-20(21-3)22-9-4-10-28-14-16-7-11-27-12-8-16/h15-17H,4-14H2,1-3H3,(H2,21,22,23). The topological polar surface area (TPSA) is 85.6 Å². The molecule has 2 aliphatic heterocycles. The molecule has 0 aliphatic carbocycles. The molecule has 8 nitrogen and oxygen atoms in total. The lowest BCUT2D eigenvalue weighted by atomic mass is 10.0. The number of aromatic nitrogens is 3. The number of nitrogens with one attached hydrogen (secondary N) is 2. The highest BCUT2D eigenvalue weighted by molar-refractivity contribution is 5.79. The Kier molecular flexibility index (Phi) is 8.09. The molecular formula is C20H36N6O2. The Morgan fingerprint density at radius 1 is 1.32 bits per heavy atom. The van der Waals surface area contributed by atoms with Gasteiger partial charge >= 0.3 is 0 Å². The summed E-state index contributed by atoms with van der Waals surface area (Å²) in [5, 5.41) is 11.6. The Labute approximate surface area is 168 Å². The van der Waals surface area contributed by atoms with Crippen LogP contribution < -0.4 is 10.6 Å². The Balaban J connectivity index is 1.32. The maximum Gasteiger partial charge on any atom is 0.191 e. The summed E-state index contributed by atoms with van der Waals surface area (Å²) in [5.41, 5.74) is 0. The van der Waals surface area contributed by atoms with E-state index in [0.29, 0.717) is 17.9 Å². The van der Waals surface area contributed by atoms with Crippen LogP contribution in [0.2, 0.25) is 0 Å². The summed E-state index contributed by atoms with van der Waals surface area (Å²) in [7, 11) is 1.82. The third kappa shape index (κ3) is 6.17. The van der Waals surface area contributed by atoms with Crippen molar-refractivity contribution in [3.8, 4) is 0 Å². The smallest absolute Gasteiger partial charge is 0.191 e. The van der Waals surface area contributed by atoms with Crippen LogP contribution >= 0.6 is 0 Å². The Bertz CT molecular complexity index is 624. The molecule has 1 fully saturated rings. The normalized spacial score (nSPS) is 21.0. The second kappa shape index (κ2) is 10.8. The van der Waals surface area contributed by atoms with Crippen LogP contribution in [-0.2, 0) is 22.4 Å². The summed E-state index contributed by atoms with van der Waals surface area (Å²) in [4.78, 5) is 9.01. The molecule has 0 amide bonds. The van der Waals surface area contributed by atoms with Gasteiger partial charge < -0.3 is 20.1 Å². The zero-order chi connectivity index (χ0) is 19.8. The van der Waals surface area contributed by atoms with Crippen LogP contribution in [0.5, 0.6) is 0 Å². The van der Waals surface area contributed by atoms with Crippen molar-refractivity contribution in [1.82, 2.24) is 25.4 Å². The summed E-state index contributed by atoms with van der Waals surface area (Å²) < 4.78 is 13.3. The number of guanidine groups is 1. The molecule has 158 valence electrons. The summed E-state index contributed by atoms with van der Waals surface area (Å²) in [6.45, 7) is 9.37. The molecule has 3 heterocycles. The lowest BCUT2D eigenvalue weighted by Gasteiger charge is -2.25. The summed E-state index contributed by atoms with van der Waals surface area (Å²) in [5.74, 6) is 3.93. The van der Waals surface area contributed by atoms with Crippen molar-refractivity contribution in [2.24, 2.45) is 10.9 Å². The van der Waals surface area contributed by atoms with Gasteiger partial charge in [0.25, 0.3) is 0 Å². The van der Waals surface area contributed by atoms with E-state index in [1.54, 1.807) is 0 Å². The van der Waals surface area contributed by atoms with E-state index in [4.69, 9.17) is 9.47 Å². The fraction of sp³-hybridized carbons (Fsp3) is 0.850. The van der Waals surface area contributed by atoms with Crippen molar-refractivity contribution in [3.05, 3.63) is 11.6 Å². The monoisotopic (exact) mass is 392 g/mol. The fourth-order valence-electron chi connectivity index (χ4n) is 3.62. The number of aliphatic imine (C=N–C) groups is 1. The highest BCUT2D eigenvalue weighted by Gasteiger charge is 2.23. The van der Waals surface area contributed by atoms with E-state index in [0.717, 1.165) is 89.2 Å². The Morgan fingerprint density at radius 2 is 2.14 bits per heavy atom. The maximum absolute atomic E-state index is 5.82. The Hall–Kier alpha value is -1.67. The summed E-state index contributed by atoms with van der Waals surface area (Å²) in [6.07, 6.45) is 5.23. The number of nitrogens with zero attached hydrogens (tertiary/aromatic N) is 4. The second-order valence-electron chi connectivity index (χ2n) is 8.09. The molecule has 2 N–H and O–H groups in total. The molecule has 28 heavy (non-hydrogen) atoms. The van der Waals surface area contributed by atoms with Gasteiger partial charge in [0.2, 0.25) is 0 Å². The number of ether oxygens (including phenoxy) is 2. The molecule has 1 aromatic heterocycles. The fourth-order valence-corrected chi connectivity index (χ4v) is 3.62. The largest absolute Gasteiger partial charge is 0.381 e. The van der Waals surface area contributed by atoms with E-state index in [2.05, 4.69) is 39.6 Å². The highest BCUT2D eigenvalue weighted by Crippen LogP contribution is 2.17. The average molecular weight is 393 g/mol.